The number of rotatable bonds is 20. The predicted octanol–water partition coefficient (Wildman–Crippen LogP) is 6.86. The van der Waals surface area contributed by atoms with Crippen LogP contribution in [0, 0.1) is 17.8 Å². The summed E-state index contributed by atoms with van der Waals surface area (Å²) in [6, 6.07) is 18.6. The first kappa shape index (κ1) is 36.3. The van der Waals surface area contributed by atoms with Gasteiger partial charge in [0.2, 0.25) is 0 Å². The van der Waals surface area contributed by atoms with Crippen LogP contribution in [0.5, 0.6) is 23.0 Å². The number of aryl methyl sites for hydroxylation is 1. The number of hydrogen-bond acceptors (Lipinski definition) is 10. The number of esters is 2. The normalized spacial score (nSPS) is 15.8. The molecule has 3 aromatic carbocycles. The van der Waals surface area contributed by atoms with Crippen molar-refractivity contribution in [1.29, 1.82) is 0 Å². The fourth-order valence-electron chi connectivity index (χ4n) is 5.20. The first-order chi connectivity index (χ1) is 23.7. The molecule has 264 valence electrons. The van der Waals surface area contributed by atoms with Crippen molar-refractivity contribution in [3.8, 4) is 23.0 Å². The average Bonchev–Trinajstić information content (AvgIpc) is 3.07. The minimum atomic E-state index is -0.497. The monoisotopic (exact) mass is 676 g/mol. The maximum Gasteiger partial charge on any atom is 0.343 e. The van der Waals surface area contributed by atoms with Gasteiger partial charge in [0, 0.05) is 24.0 Å². The van der Waals surface area contributed by atoms with Crippen molar-refractivity contribution in [3.05, 3.63) is 83.4 Å². The molecule has 0 N–H and O–H groups in total. The molecule has 49 heavy (non-hydrogen) atoms. The highest BCUT2D eigenvalue weighted by Crippen LogP contribution is 2.28. The molecular weight excluding hydrogens is 628 g/mol. The summed E-state index contributed by atoms with van der Waals surface area (Å²) in [5.74, 6) is 1.10. The Hall–Kier alpha value is -3.96. The van der Waals surface area contributed by atoms with Crippen molar-refractivity contribution in [3.63, 3.8) is 0 Å². The molecule has 3 aromatic rings. The van der Waals surface area contributed by atoms with E-state index in [2.05, 4.69) is 13.8 Å². The lowest BCUT2D eigenvalue weighted by Gasteiger charge is -2.37. The number of benzene rings is 3. The van der Waals surface area contributed by atoms with Crippen LogP contribution in [0.1, 0.15) is 65.8 Å². The highest BCUT2D eigenvalue weighted by molar-refractivity contribution is 5.92. The standard InChI is InChI=1S/C39H48O10/c1-29-22-34(48-36(40)30-8-12-32(13-9-30)46-20-6-4-18-42-23-38(2)25-44-26-38)16-17-35(29)49-37(41)31-10-14-33(15-11-31)47-21-7-5-19-43-24-39(3)27-45-28-39/h8-17,22H,4-7,18-21,23-28H2,1-3H3. The van der Waals surface area contributed by atoms with Crippen LogP contribution in [0.4, 0.5) is 0 Å². The number of ether oxygens (including phenoxy) is 8. The van der Waals surface area contributed by atoms with E-state index in [0.717, 1.165) is 65.3 Å². The Kier molecular flexibility index (Phi) is 13.1. The first-order valence-electron chi connectivity index (χ1n) is 17.0. The lowest BCUT2D eigenvalue weighted by atomic mass is 9.90. The Morgan fingerprint density at radius 2 is 1.02 bits per heavy atom. The van der Waals surface area contributed by atoms with Gasteiger partial charge < -0.3 is 37.9 Å². The number of carbonyl (C=O) groups is 2. The van der Waals surface area contributed by atoms with Gasteiger partial charge in [0.15, 0.2) is 0 Å². The maximum absolute atomic E-state index is 12.8. The summed E-state index contributed by atoms with van der Waals surface area (Å²) in [5, 5.41) is 0. The molecule has 0 amide bonds. The summed E-state index contributed by atoms with van der Waals surface area (Å²) < 4.78 is 44.8. The molecule has 0 aliphatic carbocycles. The van der Waals surface area contributed by atoms with Gasteiger partial charge in [-0.1, -0.05) is 13.8 Å². The molecule has 5 rings (SSSR count). The summed E-state index contributed by atoms with van der Waals surface area (Å²) in [4.78, 5) is 25.5. The van der Waals surface area contributed by atoms with Crippen molar-refractivity contribution in [1.82, 2.24) is 0 Å². The topological polar surface area (TPSA) is 108 Å². The van der Waals surface area contributed by atoms with Gasteiger partial charge in [-0.05, 0) is 105 Å². The molecule has 2 saturated heterocycles. The van der Waals surface area contributed by atoms with Crippen LogP contribution < -0.4 is 18.9 Å². The third-order valence-electron chi connectivity index (χ3n) is 8.35. The van der Waals surface area contributed by atoms with Crippen molar-refractivity contribution < 1.29 is 47.5 Å². The van der Waals surface area contributed by atoms with E-state index in [-0.39, 0.29) is 10.8 Å². The molecule has 0 saturated carbocycles. The fourth-order valence-corrected chi connectivity index (χ4v) is 5.20. The Morgan fingerprint density at radius 1 is 0.592 bits per heavy atom. The fraction of sp³-hybridized carbons (Fsp3) is 0.487. The second-order valence-corrected chi connectivity index (χ2v) is 13.6. The van der Waals surface area contributed by atoms with Gasteiger partial charge in [0.05, 0.1) is 64.0 Å². The number of carbonyl (C=O) groups excluding carboxylic acids is 2. The Bertz CT molecular complexity index is 1490. The maximum atomic E-state index is 12.8. The van der Waals surface area contributed by atoms with Gasteiger partial charge in [-0.2, -0.15) is 0 Å². The zero-order valence-corrected chi connectivity index (χ0v) is 28.8. The van der Waals surface area contributed by atoms with Gasteiger partial charge in [-0.3, -0.25) is 0 Å². The van der Waals surface area contributed by atoms with E-state index in [1.165, 1.54) is 0 Å². The Balaban J connectivity index is 0.972. The lowest BCUT2D eigenvalue weighted by Crippen LogP contribution is -2.43. The number of hydrogen-bond donors (Lipinski definition) is 0. The zero-order chi connectivity index (χ0) is 34.5. The van der Waals surface area contributed by atoms with Crippen LogP contribution in [0.15, 0.2) is 66.7 Å². The summed E-state index contributed by atoms with van der Waals surface area (Å²) >= 11 is 0. The third-order valence-corrected chi connectivity index (χ3v) is 8.35. The minimum absolute atomic E-state index is 0.169. The molecule has 2 fully saturated rings. The highest BCUT2D eigenvalue weighted by atomic mass is 16.5. The van der Waals surface area contributed by atoms with Crippen LogP contribution in [0.3, 0.4) is 0 Å². The predicted molar refractivity (Wildman–Crippen MR) is 183 cm³/mol. The van der Waals surface area contributed by atoms with E-state index >= 15 is 0 Å². The largest absolute Gasteiger partial charge is 0.494 e. The molecule has 10 nitrogen and oxygen atoms in total. The average molecular weight is 677 g/mol. The van der Waals surface area contributed by atoms with Crippen LogP contribution >= 0.6 is 0 Å². The molecule has 0 bridgehead atoms. The summed E-state index contributed by atoms with van der Waals surface area (Å²) in [5.41, 5.74) is 1.78. The van der Waals surface area contributed by atoms with Gasteiger partial charge in [-0.25, -0.2) is 9.59 Å². The van der Waals surface area contributed by atoms with Gasteiger partial charge in [0.25, 0.3) is 0 Å². The SMILES string of the molecule is Cc1cc(OC(=O)c2ccc(OCCCCOCC3(C)COC3)cc2)ccc1OC(=O)c1ccc(OCCCCOCC2(C)COC2)cc1. The van der Waals surface area contributed by atoms with Crippen LogP contribution in [-0.2, 0) is 18.9 Å². The quantitative estimate of drug-likeness (QED) is 0.0716. The molecule has 0 radical (unpaired) electrons. The van der Waals surface area contributed by atoms with Crippen LogP contribution in [-0.4, -0.2) is 78.0 Å². The summed E-state index contributed by atoms with van der Waals surface area (Å²) in [7, 11) is 0. The smallest absolute Gasteiger partial charge is 0.343 e. The minimum Gasteiger partial charge on any atom is -0.494 e. The molecule has 0 unspecified atom stereocenters. The Morgan fingerprint density at radius 3 is 1.45 bits per heavy atom. The third kappa shape index (κ3) is 11.3. The summed E-state index contributed by atoms with van der Waals surface area (Å²) in [6.45, 7) is 13.2. The lowest BCUT2D eigenvalue weighted by molar-refractivity contribution is -0.138. The van der Waals surface area contributed by atoms with E-state index in [9.17, 15) is 9.59 Å². The second kappa shape index (κ2) is 17.6. The van der Waals surface area contributed by atoms with Gasteiger partial charge in [0.1, 0.15) is 23.0 Å². The molecule has 2 aliphatic rings. The molecule has 0 aromatic heterocycles. The van der Waals surface area contributed by atoms with E-state index in [1.807, 2.05) is 0 Å². The van der Waals surface area contributed by atoms with E-state index in [1.54, 1.807) is 73.7 Å². The first-order valence-corrected chi connectivity index (χ1v) is 17.0. The van der Waals surface area contributed by atoms with Crippen molar-refractivity contribution >= 4 is 11.9 Å². The zero-order valence-electron chi connectivity index (χ0n) is 28.8. The molecule has 10 heteroatoms. The molecule has 2 aliphatic heterocycles. The van der Waals surface area contributed by atoms with E-state index < -0.39 is 11.9 Å². The van der Waals surface area contributed by atoms with Crippen LogP contribution in [0.25, 0.3) is 0 Å². The van der Waals surface area contributed by atoms with Crippen LogP contribution in [0.2, 0.25) is 0 Å². The van der Waals surface area contributed by atoms with Gasteiger partial charge in [-0.15, -0.1) is 0 Å². The Labute approximate surface area is 288 Å². The van der Waals surface area contributed by atoms with Crippen molar-refractivity contribution in [2.45, 2.75) is 46.5 Å². The molecule has 2 heterocycles. The van der Waals surface area contributed by atoms with E-state index in [0.29, 0.717) is 66.1 Å². The molecule has 0 atom stereocenters. The molecule has 0 spiro atoms. The van der Waals surface area contributed by atoms with Crippen molar-refractivity contribution in [2.75, 3.05) is 66.1 Å². The number of unbranched alkanes of at least 4 members (excludes halogenated alkanes) is 2. The van der Waals surface area contributed by atoms with E-state index in [4.69, 9.17) is 37.9 Å². The second-order valence-electron chi connectivity index (χ2n) is 13.6. The summed E-state index contributed by atoms with van der Waals surface area (Å²) in [6.07, 6.45) is 3.57. The molecular formula is C39H48O10. The van der Waals surface area contributed by atoms with Gasteiger partial charge >= 0.3 is 11.9 Å². The highest BCUT2D eigenvalue weighted by Gasteiger charge is 2.34. The van der Waals surface area contributed by atoms with Crippen molar-refractivity contribution in [2.24, 2.45) is 10.8 Å².